The number of hydrogen-bond acceptors (Lipinski definition) is 2. The molecule has 1 fully saturated rings. The zero-order valence-electron chi connectivity index (χ0n) is 10.9. The summed E-state index contributed by atoms with van der Waals surface area (Å²) in [4.78, 5) is 2.66. The number of rotatable bonds is 5. The third-order valence-electron chi connectivity index (χ3n) is 3.42. The number of hydrogen-bond donors (Lipinski definition) is 1. The predicted octanol–water partition coefficient (Wildman–Crippen LogP) is 2.49. The Morgan fingerprint density at radius 1 is 1.27 bits per heavy atom. The Hall–Kier alpha value is -0.0800. The topological polar surface area (TPSA) is 15.3 Å². The monoisotopic (exact) mass is 212 g/mol. The quantitative estimate of drug-likeness (QED) is 0.704. The molecule has 0 aliphatic carbocycles. The molecule has 0 amide bonds. The van der Waals surface area contributed by atoms with Gasteiger partial charge in [0, 0.05) is 18.6 Å². The molecular formula is C13H28N2. The Morgan fingerprint density at radius 3 is 2.67 bits per heavy atom. The number of nitrogens with zero attached hydrogens (tertiary/aromatic N) is 1. The van der Waals surface area contributed by atoms with E-state index < -0.39 is 0 Å². The van der Waals surface area contributed by atoms with Gasteiger partial charge in [-0.2, -0.15) is 0 Å². The number of piperidine rings is 1. The summed E-state index contributed by atoms with van der Waals surface area (Å²) >= 11 is 0. The van der Waals surface area contributed by atoms with Gasteiger partial charge in [-0.25, -0.2) is 0 Å². The van der Waals surface area contributed by atoms with E-state index in [4.69, 9.17) is 0 Å². The van der Waals surface area contributed by atoms with E-state index in [2.05, 4.69) is 37.9 Å². The lowest BCUT2D eigenvalue weighted by Gasteiger charge is -2.36. The Balaban J connectivity index is 2.13. The molecule has 0 bridgehead atoms. The molecule has 0 radical (unpaired) electrons. The second-order valence-corrected chi connectivity index (χ2v) is 5.49. The van der Waals surface area contributed by atoms with Crippen molar-refractivity contribution in [3.63, 3.8) is 0 Å². The van der Waals surface area contributed by atoms with Crippen LogP contribution in [0.1, 0.15) is 47.0 Å². The molecular weight excluding hydrogens is 184 g/mol. The van der Waals surface area contributed by atoms with Gasteiger partial charge in [-0.1, -0.05) is 20.8 Å². The van der Waals surface area contributed by atoms with Gasteiger partial charge in [0.25, 0.3) is 0 Å². The van der Waals surface area contributed by atoms with Crippen LogP contribution in [-0.2, 0) is 0 Å². The molecule has 0 spiro atoms. The van der Waals surface area contributed by atoms with E-state index in [1.807, 2.05) is 0 Å². The van der Waals surface area contributed by atoms with Crippen LogP contribution in [0, 0.1) is 5.92 Å². The van der Waals surface area contributed by atoms with Gasteiger partial charge in [0.2, 0.25) is 0 Å². The number of nitrogens with one attached hydrogen (secondary N) is 1. The minimum absolute atomic E-state index is 0.628. The molecule has 1 saturated heterocycles. The third kappa shape index (κ3) is 4.98. The Bertz CT molecular complexity index is 168. The van der Waals surface area contributed by atoms with Gasteiger partial charge in [0.05, 0.1) is 0 Å². The van der Waals surface area contributed by atoms with Gasteiger partial charge in [-0.3, -0.25) is 0 Å². The summed E-state index contributed by atoms with van der Waals surface area (Å²) in [5.74, 6) is 0.902. The Kier molecular flexibility index (Phi) is 5.62. The van der Waals surface area contributed by atoms with E-state index in [0.29, 0.717) is 6.04 Å². The normalized spacial score (nSPS) is 28.6. The SMILES string of the molecule is CC1CCC(C)N(CCCNC(C)C)C1. The van der Waals surface area contributed by atoms with Crippen LogP contribution in [0.25, 0.3) is 0 Å². The van der Waals surface area contributed by atoms with Crippen molar-refractivity contribution in [2.45, 2.75) is 59.0 Å². The van der Waals surface area contributed by atoms with Gasteiger partial charge in [-0.05, 0) is 45.2 Å². The summed E-state index contributed by atoms with van der Waals surface area (Å²) in [5.41, 5.74) is 0. The van der Waals surface area contributed by atoms with Crippen LogP contribution >= 0.6 is 0 Å². The van der Waals surface area contributed by atoms with Crippen molar-refractivity contribution in [1.82, 2.24) is 10.2 Å². The number of likely N-dealkylation sites (tertiary alicyclic amines) is 1. The molecule has 2 unspecified atom stereocenters. The molecule has 90 valence electrons. The zero-order valence-corrected chi connectivity index (χ0v) is 10.9. The standard InChI is InChI=1S/C13H28N2/c1-11(2)14-8-5-9-15-10-12(3)6-7-13(15)4/h11-14H,5-10H2,1-4H3. The summed E-state index contributed by atoms with van der Waals surface area (Å²) in [6, 6.07) is 1.43. The average Bonchev–Trinajstić information content (AvgIpc) is 2.17. The lowest BCUT2D eigenvalue weighted by atomic mass is 9.95. The minimum Gasteiger partial charge on any atom is -0.314 e. The van der Waals surface area contributed by atoms with Gasteiger partial charge in [0.1, 0.15) is 0 Å². The Labute approximate surface area is 95.4 Å². The first kappa shape index (κ1) is 13.0. The molecule has 2 atom stereocenters. The van der Waals surface area contributed by atoms with Gasteiger partial charge < -0.3 is 10.2 Å². The molecule has 0 aromatic heterocycles. The minimum atomic E-state index is 0.628. The third-order valence-corrected chi connectivity index (χ3v) is 3.42. The van der Waals surface area contributed by atoms with Gasteiger partial charge >= 0.3 is 0 Å². The van der Waals surface area contributed by atoms with Crippen molar-refractivity contribution in [1.29, 1.82) is 0 Å². The van der Waals surface area contributed by atoms with Gasteiger partial charge in [0.15, 0.2) is 0 Å². The molecule has 15 heavy (non-hydrogen) atoms. The van der Waals surface area contributed by atoms with Crippen molar-refractivity contribution < 1.29 is 0 Å². The first-order valence-electron chi connectivity index (χ1n) is 6.57. The summed E-state index contributed by atoms with van der Waals surface area (Å²) in [6.07, 6.45) is 4.09. The maximum Gasteiger partial charge on any atom is 0.00671 e. The fourth-order valence-electron chi connectivity index (χ4n) is 2.36. The largest absolute Gasteiger partial charge is 0.314 e. The summed E-state index contributed by atoms with van der Waals surface area (Å²) < 4.78 is 0. The second-order valence-electron chi connectivity index (χ2n) is 5.49. The summed E-state index contributed by atoms with van der Waals surface area (Å²) in [7, 11) is 0. The average molecular weight is 212 g/mol. The van der Waals surface area contributed by atoms with Crippen LogP contribution in [0.3, 0.4) is 0 Å². The predicted molar refractivity (Wildman–Crippen MR) is 67.2 cm³/mol. The van der Waals surface area contributed by atoms with Crippen molar-refractivity contribution >= 4 is 0 Å². The highest BCUT2D eigenvalue weighted by Crippen LogP contribution is 2.20. The van der Waals surface area contributed by atoms with Crippen LogP contribution in [0.5, 0.6) is 0 Å². The second kappa shape index (κ2) is 6.49. The first-order chi connectivity index (χ1) is 7.09. The fourth-order valence-corrected chi connectivity index (χ4v) is 2.36. The summed E-state index contributed by atoms with van der Waals surface area (Å²) in [5, 5.41) is 3.48. The van der Waals surface area contributed by atoms with E-state index in [1.165, 1.54) is 32.4 Å². The summed E-state index contributed by atoms with van der Waals surface area (Å²) in [6.45, 7) is 12.9. The molecule has 0 aromatic rings. The molecule has 2 nitrogen and oxygen atoms in total. The van der Waals surface area contributed by atoms with E-state index in [1.54, 1.807) is 0 Å². The highest BCUT2D eigenvalue weighted by atomic mass is 15.2. The van der Waals surface area contributed by atoms with Crippen LogP contribution in [-0.4, -0.2) is 36.6 Å². The molecule has 0 saturated carbocycles. The lowest BCUT2D eigenvalue weighted by Crippen LogP contribution is -2.42. The first-order valence-corrected chi connectivity index (χ1v) is 6.57. The molecule has 1 N–H and O–H groups in total. The van der Waals surface area contributed by atoms with Crippen molar-refractivity contribution in [2.24, 2.45) is 5.92 Å². The van der Waals surface area contributed by atoms with Crippen molar-refractivity contribution in [3.05, 3.63) is 0 Å². The van der Waals surface area contributed by atoms with Crippen LogP contribution in [0.4, 0.5) is 0 Å². The molecule has 0 aromatic carbocycles. The van der Waals surface area contributed by atoms with E-state index in [0.717, 1.165) is 18.5 Å². The maximum absolute atomic E-state index is 3.48. The lowest BCUT2D eigenvalue weighted by molar-refractivity contribution is 0.123. The van der Waals surface area contributed by atoms with Crippen LogP contribution in [0.2, 0.25) is 0 Å². The highest BCUT2D eigenvalue weighted by Gasteiger charge is 2.21. The Morgan fingerprint density at radius 2 is 2.00 bits per heavy atom. The highest BCUT2D eigenvalue weighted by molar-refractivity contribution is 4.76. The van der Waals surface area contributed by atoms with Crippen LogP contribution in [0.15, 0.2) is 0 Å². The molecule has 2 heteroatoms. The molecule has 1 aliphatic rings. The van der Waals surface area contributed by atoms with Crippen molar-refractivity contribution in [3.8, 4) is 0 Å². The molecule has 1 aliphatic heterocycles. The molecule has 1 rings (SSSR count). The van der Waals surface area contributed by atoms with E-state index >= 15 is 0 Å². The van der Waals surface area contributed by atoms with E-state index in [-0.39, 0.29) is 0 Å². The van der Waals surface area contributed by atoms with Crippen LogP contribution < -0.4 is 5.32 Å². The smallest absolute Gasteiger partial charge is 0.00671 e. The molecule has 1 heterocycles. The van der Waals surface area contributed by atoms with Crippen molar-refractivity contribution in [2.75, 3.05) is 19.6 Å². The fraction of sp³-hybridized carbons (Fsp3) is 1.00. The maximum atomic E-state index is 3.48. The van der Waals surface area contributed by atoms with E-state index in [9.17, 15) is 0 Å². The zero-order chi connectivity index (χ0) is 11.3. The van der Waals surface area contributed by atoms with Gasteiger partial charge in [-0.15, -0.1) is 0 Å².